The van der Waals surface area contributed by atoms with Crippen LogP contribution in [0.2, 0.25) is 0 Å². The minimum Gasteiger partial charge on any atom is -0.449 e. The van der Waals surface area contributed by atoms with Gasteiger partial charge in [-0.25, -0.2) is 14.6 Å². The largest absolute Gasteiger partial charge is 0.573 e. The fraction of sp³-hybridized carbons (Fsp3) is 0.250. The molecule has 2 aromatic heterocycles. The maximum Gasteiger partial charge on any atom is 0.573 e. The normalized spacial score (nSPS) is 10.7. The molecule has 11 heteroatoms. The molecule has 2 aromatic rings. The van der Waals surface area contributed by atoms with Gasteiger partial charge in [0.1, 0.15) is 17.0 Å². The Kier molecular flexibility index (Phi) is 5.69. The Labute approximate surface area is 149 Å². The van der Waals surface area contributed by atoms with E-state index in [1.54, 1.807) is 0 Å². The van der Waals surface area contributed by atoms with E-state index in [2.05, 4.69) is 21.6 Å². The molecule has 0 atom stereocenters. The molecule has 0 aliphatic carbocycles. The number of ether oxygens (including phenoxy) is 2. The second-order valence-electron chi connectivity index (χ2n) is 5.11. The molecule has 0 N–H and O–H groups in total. The first-order chi connectivity index (χ1) is 12.6. The Hall–Kier alpha value is -3.55. The third kappa shape index (κ3) is 5.21. The minimum absolute atomic E-state index is 0.124. The minimum atomic E-state index is -4.82. The van der Waals surface area contributed by atoms with Gasteiger partial charge in [-0.2, -0.15) is 0 Å². The van der Waals surface area contributed by atoms with Crippen molar-refractivity contribution in [3.8, 4) is 17.6 Å². The summed E-state index contributed by atoms with van der Waals surface area (Å²) in [7, 11) is 2.59. The van der Waals surface area contributed by atoms with Crippen molar-refractivity contribution in [3.05, 3.63) is 56.6 Å². The molecular formula is C16H12F3N3O5. The maximum atomic E-state index is 12.0. The number of carbonyl (C=O) groups excluding carboxylic acids is 1. The van der Waals surface area contributed by atoms with Crippen LogP contribution < -0.4 is 16.0 Å². The molecular weight excluding hydrogens is 371 g/mol. The Morgan fingerprint density at radius 1 is 1.26 bits per heavy atom. The van der Waals surface area contributed by atoms with E-state index in [1.165, 1.54) is 20.2 Å². The molecule has 2 heterocycles. The summed E-state index contributed by atoms with van der Waals surface area (Å²) < 4.78 is 46.4. The molecule has 0 radical (unpaired) electrons. The highest BCUT2D eigenvalue weighted by Gasteiger charge is 2.31. The van der Waals surface area contributed by atoms with Gasteiger partial charge in [-0.05, 0) is 18.1 Å². The number of aromatic nitrogens is 3. The van der Waals surface area contributed by atoms with E-state index in [-0.39, 0.29) is 11.3 Å². The van der Waals surface area contributed by atoms with Crippen molar-refractivity contribution < 1.29 is 27.4 Å². The Bertz CT molecular complexity index is 1030. The number of alkyl halides is 3. The van der Waals surface area contributed by atoms with E-state index >= 15 is 0 Å². The number of esters is 1. The summed E-state index contributed by atoms with van der Waals surface area (Å²) in [6, 6.07) is 2.23. The van der Waals surface area contributed by atoms with Crippen LogP contribution in [0.25, 0.3) is 0 Å². The molecule has 0 fully saturated rings. The summed E-state index contributed by atoms with van der Waals surface area (Å²) >= 11 is 0. The summed E-state index contributed by atoms with van der Waals surface area (Å²) in [6.07, 6.45) is -2.92. The fourth-order valence-electron chi connectivity index (χ4n) is 1.90. The third-order valence-corrected chi connectivity index (χ3v) is 3.13. The quantitative estimate of drug-likeness (QED) is 0.569. The number of hydrogen-bond acceptors (Lipinski definition) is 6. The summed E-state index contributed by atoms with van der Waals surface area (Å²) in [6.45, 7) is -0.396. The Balaban J connectivity index is 2.01. The van der Waals surface area contributed by atoms with Crippen molar-refractivity contribution in [1.82, 2.24) is 14.1 Å². The van der Waals surface area contributed by atoms with Gasteiger partial charge in [0.05, 0.1) is 6.20 Å². The molecule has 0 aliphatic rings. The van der Waals surface area contributed by atoms with E-state index in [0.717, 1.165) is 27.6 Å². The van der Waals surface area contributed by atoms with Gasteiger partial charge in [0.15, 0.2) is 6.61 Å². The van der Waals surface area contributed by atoms with Crippen LogP contribution in [-0.4, -0.2) is 33.1 Å². The van der Waals surface area contributed by atoms with E-state index in [1.807, 2.05) is 0 Å². The number of carbonyl (C=O) groups is 1. The lowest BCUT2D eigenvalue weighted by Gasteiger charge is -2.07. The zero-order valence-corrected chi connectivity index (χ0v) is 14.0. The molecule has 0 bridgehead atoms. The molecule has 27 heavy (non-hydrogen) atoms. The monoisotopic (exact) mass is 383 g/mol. The van der Waals surface area contributed by atoms with Crippen molar-refractivity contribution in [3.63, 3.8) is 0 Å². The van der Waals surface area contributed by atoms with Gasteiger partial charge in [0, 0.05) is 20.3 Å². The highest BCUT2D eigenvalue weighted by Crippen LogP contribution is 2.21. The molecule has 0 aliphatic heterocycles. The van der Waals surface area contributed by atoms with Crippen LogP contribution in [0.3, 0.4) is 0 Å². The first-order valence-corrected chi connectivity index (χ1v) is 7.23. The van der Waals surface area contributed by atoms with Crippen molar-refractivity contribution in [1.29, 1.82) is 0 Å². The average molecular weight is 383 g/mol. The van der Waals surface area contributed by atoms with Crippen LogP contribution in [0.5, 0.6) is 5.75 Å². The van der Waals surface area contributed by atoms with Gasteiger partial charge in [-0.15, -0.1) is 13.2 Å². The van der Waals surface area contributed by atoms with Gasteiger partial charge in [-0.3, -0.25) is 9.36 Å². The number of pyridine rings is 1. The van der Waals surface area contributed by atoms with Crippen molar-refractivity contribution >= 4 is 5.97 Å². The number of aryl methyl sites for hydroxylation is 1. The standard InChI is InChI=1S/C16H12F3N3O5/c1-21-9-12(13(23)22(2)15(21)25)14(24)26-7-3-4-10-5-6-11(8-20-10)27-16(17,18)19/h5-6,8-9H,7H2,1-2H3. The van der Waals surface area contributed by atoms with Crippen LogP contribution in [0, 0.1) is 11.8 Å². The van der Waals surface area contributed by atoms with Crippen molar-refractivity contribution in [2.45, 2.75) is 6.36 Å². The summed E-state index contributed by atoms with van der Waals surface area (Å²) in [5, 5.41) is 0. The molecule has 0 unspecified atom stereocenters. The number of halogens is 3. The lowest BCUT2D eigenvalue weighted by molar-refractivity contribution is -0.274. The first kappa shape index (κ1) is 19.8. The molecule has 0 saturated carbocycles. The predicted octanol–water partition coefficient (Wildman–Crippen LogP) is 0.586. The van der Waals surface area contributed by atoms with Gasteiger partial charge >= 0.3 is 18.0 Å². The number of hydrogen-bond donors (Lipinski definition) is 0. The second kappa shape index (κ2) is 7.77. The molecule has 2 rings (SSSR count). The lowest BCUT2D eigenvalue weighted by atomic mass is 10.3. The van der Waals surface area contributed by atoms with Crippen LogP contribution in [0.1, 0.15) is 16.1 Å². The topological polar surface area (TPSA) is 92.4 Å². The molecule has 142 valence electrons. The predicted molar refractivity (Wildman–Crippen MR) is 85.0 cm³/mol. The Morgan fingerprint density at radius 3 is 2.56 bits per heavy atom. The molecule has 0 aromatic carbocycles. The average Bonchev–Trinajstić information content (AvgIpc) is 2.60. The van der Waals surface area contributed by atoms with Crippen molar-refractivity contribution in [2.75, 3.05) is 6.61 Å². The van der Waals surface area contributed by atoms with Crippen LogP contribution in [0.4, 0.5) is 13.2 Å². The van der Waals surface area contributed by atoms with Crippen LogP contribution in [0.15, 0.2) is 34.1 Å². The summed E-state index contributed by atoms with van der Waals surface area (Å²) in [5.41, 5.74) is -1.62. The van der Waals surface area contributed by atoms with E-state index in [0.29, 0.717) is 0 Å². The lowest BCUT2D eigenvalue weighted by Crippen LogP contribution is -2.39. The molecule has 8 nitrogen and oxygen atoms in total. The number of nitrogens with zero attached hydrogens (tertiary/aromatic N) is 3. The third-order valence-electron chi connectivity index (χ3n) is 3.13. The Morgan fingerprint density at radius 2 is 1.96 bits per heavy atom. The number of rotatable bonds is 3. The zero-order chi connectivity index (χ0) is 20.2. The first-order valence-electron chi connectivity index (χ1n) is 7.23. The highest BCUT2D eigenvalue weighted by molar-refractivity contribution is 5.88. The van der Waals surface area contributed by atoms with Crippen molar-refractivity contribution in [2.24, 2.45) is 14.1 Å². The van der Waals surface area contributed by atoms with Crippen LogP contribution in [-0.2, 0) is 18.8 Å². The summed E-state index contributed by atoms with van der Waals surface area (Å²) in [4.78, 5) is 39.0. The van der Waals surface area contributed by atoms with E-state index in [9.17, 15) is 27.6 Å². The van der Waals surface area contributed by atoms with E-state index in [4.69, 9.17) is 4.74 Å². The smallest absolute Gasteiger partial charge is 0.449 e. The van der Waals surface area contributed by atoms with Gasteiger partial charge in [0.2, 0.25) is 0 Å². The zero-order valence-electron chi connectivity index (χ0n) is 14.0. The molecule has 0 amide bonds. The van der Waals surface area contributed by atoms with E-state index < -0.39 is 35.9 Å². The fourth-order valence-corrected chi connectivity index (χ4v) is 1.90. The van der Waals surface area contributed by atoms with Crippen LogP contribution >= 0.6 is 0 Å². The highest BCUT2D eigenvalue weighted by atomic mass is 19.4. The second-order valence-corrected chi connectivity index (χ2v) is 5.11. The molecule has 0 saturated heterocycles. The van der Waals surface area contributed by atoms with Gasteiger partial charge < -0.3 is 14.0 Å². The van der Waals surface area contributed by atoms with Gasteiger partial charge in [-0.1, -0.05) is 5.92 Å². The van der Waals surface area contributed by atoms with Gasteiger partial charge in [0.25, 0.3) is 5.56 Å². The maximum absolute atomic E-state index is 12.0. The molecule has 0 spiro atoms. The SMILES string of the molecule is Cn1cc(C(=O)OCC#Cc2ccc(OC(F)(F)F)cn2)c(=O)n(C)c1=O. The summed E-state index contributed by atoms with van der Waals surface area (Å²) in [5.74, 6) is 3.44.